The van der Waals surface area contributed by atoms with E-state index in [4.69, 9.17) is 11.6 Å². The molecule has 0 unspecified atom stereocenters. The second kappa shape index (κ2) is 5.32. The summed E-state index contributed by atoms with van der Waals surface area (Å²) in [5.74, 6) is 0.228. The maximum atomic E-state index is 12.3. The molecule has 0 aliphatic carbocycles. The molecule has 0 N–H and O–H groups in total. The zero-order valence-corrected chi connectivity index (χ0v) is 8.34. The molecule has 0 aliphatic rings. The van der Waals surface area contributed by atoms with E-state index in [9.17, 15) is 13.2 Å². The zero-order chi connectivity index (χ0) is 10.5. The third-order valence-corrected chi connectivity index (χ3v) is 1.81. The molecule has 13 heavy (non-hydrogen) atoms. The summed E-state index contributed by atoms with van der Waals surface area (Å²) >= 11 is 5.32. The first-order valence-corrected chi connectivity index (χ1v) is 4.46. The highest BCUT2D eigenvalue weighted by atomic mass is 35.5. The van der Waals surface area contributed by atoms with E-state index in [2.05, 4.69) is 0 Å². The van der Waals surface area contributed by atoms with Crippen LogP contribution in [0.2, 0.25) is 0 Å². The van der Waals surface area contributed by atoms with Gasteiger partial charge in [-0.3, -0.25) is 0 Å². The van der Waals surface area contributed by atoms with Gasteiger partial charge in [0, 0.05) is 11.5 Å². The molecule has 0 aromatic rings. The molecule has 0 nitrogen and oxygen atoms in total. The lowest BCUT2D eigenvalue weighted by Gasteiger charge is -2.11. The summed E-state index contributed by atoms with van der Waals surface area (Å²) in [6.45, 7) is 2.93. The van der Waals surface area contributed by atoms with Crippen LogP contribution in [0.3, 0.4) is 0 Å². The third kappa shape index (κ3) is 4.36. The van der Waals surface area contributed by atoms with E-state index in [1.807, 2.05) is 0 Å². The average molecular weight is 213 g/mol. The Balaban J connectivity index is 4.80. The summed E-state index contributed by atoms with van der Waals surface area (Å²) < 4.78 is 36.8. The van der Waals surface area contributed by atoms with Crippen LogP contribution in [0, 0.1) is 0 Å². The summed E-state index contributed by atoms with van der Waals surface area (Å²) in [7, 11) is 0. The molecule has 0 aromatic carbocycles. The number of allylic oxidation sites excluding steroid dienone is 4. The number of alkyl halides is 4. The van der Waals surface area contributed by atoms with Crippen LogP contribution in [0.5, 0.6) is 0 Å². The maximum absolute atomic E-state index is 12.3. The predicted octanol–water partition coefficient (Wildman–Crippen LogP) is 4.07. The Morgan fingerprint density at radius 3 is 2.23 bits per heavy atom. The van der Waals surface area contributed by atoms with Gasteiger partial charge in [0.2, 0.25) is 0 Å². The first-order chi connectivity index (χ1) is 5.93. The van der Waals surface area contributed by atoms with Crippen LogP contribution in [-0.4, -0.2) is 12.1 Å². The van der Waals surface area contributed by atoms with Crippen molar-refractivity contribution in [2.24, 2.45) is 0 Å². The summed E-state index contributed by atoms with van der Waals surface area (Å²) in [6.07, 6.45) is -1.34. The van der Waals surface area contributed by atoms with Gasteiger partial charge >= 0.3 is 6.18 Å². The number of hydrogen-bond acceptors (Lipinski definition) is 0. The van der Waals surface area contributed by atoms with Crippen molar-refractivity contribution in [2.45, 2.75) is 26.4 Å². The minimum absolute atomic E-state index is 0.0119. The molecule has 0 rings (SSSR count). The van der Waals surface area contributed by atoms with Crippen molar-refractivity contribution in [3.05, 3.63) is 23.3 Å². The number of rotatable bonds is 3. The van der Waals surface area contributed by atoms with E-state index >= 15 is 0 Å². The zero-order valence-electron chi connectivity index (χ0n) is 7.58. The smallest absolute Gasteiger partial charge is 0.166 e. The Kier molecular flexibility index (Phi) is 5.14. The molecule has 0 saturated carbocycles. The Labute approximate surface area is 81.1 Å². The molecule has 4 heteroatoms. The van der Waals surface area contributed by atoms with E-state index in [-0.39, 0.29) is 17.9 Å². The molecule has 0 bridgehead atoms. The molecule has 0 fully saturated rings. The lowest BCUT2D eigenvalue weighted by molar-refractivity contribution is -0.0941. The molecule has 0 heterocycles. The highest BCUT2D eigenvalue weighted by molar-refractivity contribution is 6.18. The summed E-state index contributed by atoms with van der Waals surface area (Å²) in [4.78, 5) is 0. The molecular weight excluding hydrogens is 201 g/mol. The van der Waals surface area contributed by atoms with E-state index in [1.54, 1.807) is 0 Å². The van der Waals surface area contributed by atoms with Crippen LogP contribution in [-0.2, 0) is 0 Å². The molecular formula is C9H12ClF3. The Bertz CT molecular complexity index is 213. The highest BCUT2D eigenvalue weighted by Gasteiger charge is 2.32. The predicted molar refractivity (Wildman–Crippen MR) is 48.9 cm³/mol. The van der Waals surface area contributed by atoms with Gasteiger partial charge in [0.25, 0.3) is 0 Å². The van der Waals surface area contributed by atoms with E-state index < -0.39 is 11.7 Å². The van der Waals surface area contributed by atoms with Gasteiger partial charge < -0.3 is 0 Å². The van der Waals surface area contributed by atoms with Crippen LogP contribution in [0.15, 0.2) is 23.3 Å². The maximum Gasteiger partial charge on any atom is 0.412 e. The lowest BCUT2D eigenvalue weighted by Crippen LogP contribution is -2.12. The van der Waals surface area contributed by atoms with Gasteiger partial charge in [0.15, 0.2) is 0 Å². The first-order valence-electron chi connectivity index (χ1n) is 3.93. The first kappa shape index (κ1) is 12.6. The molecule has 0 radical (unpaired) electrons. The molecule has 0 saturated heterocycles. The van der Waals surface area contributed by atoms with Crippen molar-refractivity contribution in [1.82, 2.24) is 0 Å². The number of hydrogen-bond donors (Lipinski definition) is 0. The lowest BCUT2D eigenvalue weighted by atomic mass is 10.1. The van der Waals surface area contributed by atoms with Gasteiger partial charge in [0.1, 0.15) is 0 Å². The van der Waals surface area contributed by atoms with E-state index in [1.165, 1.54) is 26.0 Å². The molecule has 0 amide bonds. The summed E-state index contributed by atoms with van der Waals surface area (Å²) in [6, 6.07) is 0. The van der Waals surface area contributed by atoms with Crippen molar-refractivity contribution in [3.8, 4) is 0 Å². The average Bonchev–Trinajstić information content (AvgIpc) is 1.99. The Hall–Kier alpha value is -0.440. The molecule has 0 aliphatic heterocycles. The van der Waals surface area contributed by atoms with Crippen LogP contribution in [0.1, 0.15) is 20.3 Å². The minimum Gasteiger partial charge on any atom is -0.166 e. The van der Waals surface area contributed by atoms with Crippen molar-refractivity contribution >= 4 is 11.6 Å². The second-order valence-corrected chi connectivity index (χ2v) is 2.88. The fraction of sp³-hybridized carbons (Fsp3) is 0.556. The van der Waals surface area contributed by atoms with Crippen molar-refractivity contribution in [3.63, 3.8) is 0 Å². The summed E-state index contributed by atoms with van der Waals surface area (Å²) in [5.41, 5.74) is -0.260. The standard InChI is InChI=1S/C9H12ClF3/c1-3-8(9(11,12)13)7(2)5-4-6-10/h4-5H,3,6H2,1-2H3/b5-4-,8-7+. The van der Waals surface area contributed by atoms with Gasteiger partial charge in [-0.1, -0.05) is 19.1 Å². The van der Waals surface area contributed by atoms with Gasteiger partial charge in [-0.15, -0.1) is 11.6 Å². The van der Waals surface area contributed by atoms with Crippen molar-refractivity contribution in [1.29, 1.82) is 0 Å². The molecule has 0 atom stereocenters. The topological polar surface area (TPSA) is 0 Å². The van der Waals surface area contributed by atoms with Crippen LogP contribution in [0.4, 0.5) is 13.2 Å². The normalized spacial score (nSPS) is 14.9. The Morgan fingerprint density at radius 1 is 1.38 bits per heavy atom. The molecule has 0 aromatic heterocycles. The monoisotopic (exact) mass is 212 g/mol. The van der Waals surface area contributed by atoms with Gasteiger partial charge in [-0.2, -0.15) is 13.2 Å². The molecule has 76 valence electrons. The van der Waals surface area contributed by atoms with Crippen LogP contribution in [0.25, 0.3) is 0 Å². The second-order valence-electron chi connectivity index (χ2n) is 2.57. The van der Waals surface area contributed by atoms with Gasteiger partial charge in [0.05, 0.1) is 0 Å². The van der Waals surface area contributed by atoms with Crippen molar-refractivity contribution < 1.29 is 13.2 Å². The highest BCUT2D eigenvalue weighted by Crippen LogP contribution is 2.30. The van der Waals surface area contributed by atoms with Crippen molar-refractivity contribution in [2.75, 3.05) is 5.88 Å². The number of halogens is 4. The van der Waals surface area contributed by atoms with Gasteiger partial charge in [-0.05, 0) is 18.9 Å². The Morgan fingerprint density at radius 2 is 1.92 bits per heavy atom. The fourth-order valence-corrected chi connectivity index (χ4v) is 1.11. The van der Waals surface area contributed by atoms with E-state index in [0.717, 1.165) is 0 Å². The molecule has 0 spiro atoms. The van der Waals surface area contributed by atoms with E-state index in [0.29, 0.717) is 0 Å². The van der Waals surface area contributed by atoms with Gasteiger partial charge in [-0.25, -0.2) is 0 Å². The third-order valence-electron chi connectivity index (χ3n) is 1.63. The summed E-state index contributed by atoms with van der Waals surface area (Å²) in [5, 5.41) is 0. The fourth-order valence-electron chi connectivity index (χ4n) is 1.02. The van der Waals surface area contributed by atoms with Crippen LogP contribution < -0.4 is 0 Å². The quantitative estimate of drug-likeness (QED) is 0.489. The SMILES string of the molecule is CC/C(=C(C)\C=C/CCl)C(F)(F)F. The minimum atomic E-state index is -4.23. The van der Waals surface area contributed by atoms with Crippen LogP contribution >= 0.6 is 11.6 Å². The largest absolute Gasteiger partial charge is 0.412 e.